The molecule has 0 radical (unpaired) electrons. The third kappa shape index (κ3) is 9.02. The summed E-state index contributed by atoms with van der Waals surface area (Å²) in [6, 6.07) is 0. The number of oxime groups is 1. The van der Waals surface area contributed by atoms with Crippen molar-refractivity contribution in [1.29, 1.82) is 0 Å². The minimum atomic E-state index is -0.413. The first kappa shape index (κ1) is 16.9. The first-order valence-electron chi connectivity index (χ1n) is 6.99. The Hall–Kier alpha value is -1.06. The molecular formula is C14H27NO3. The summed E-state index contributed by atoms with van der Waals surface area (Å²) in [7, 11) is 0. The monoisotopic (exact) mass is 257 g/mol. The minimum absolute atomic E-state index is 0.128. The summed E-state index contributed by atoms with van der Waals surface area (Å²) in [5.41, 5.74) is 0. The van der Waals surface area contributed by atoms with E-state index in [0.717, 1.165) is 12.8 Å². The van der Waals surface area contributed by atoms with E-state index in [0.29, 0.717) is 6.42 Å². The van der Waals surface area contributed by atoms with Gasteiger partial charge in [-0.3, -0.25) is 4.79 Å². The molecule has 0 aliphatic carbocycles. The van der Waals surface area contributed by atoms with Gasteiger partial charge in [-0.15, -0.1) is 5.16 Å². The van der Waals surface area contributed by atoms with Crippen LogP contribution in [0, 0.1) is 5.92 Å². The molecule has 4 heteroatoms. The van der Waals surface area contributed by atoms with E-state index in [1.54, 1.807) is 0 Å². The Kier molecular flexibility index (Phi) is 10.4. The molecule has 4 nitrogen and oxygen atoms in total. The lowest BCUT2D eigenvalue weighted by molar-refractivity contribution is -0.150. The number of ether oxygens (including phenoxy) is 1. The molecule has 0 bridgehead atoms. The van der Waals surface area contributed by atoms with E-state index >= 15 is 0 Å². The lowest BCUT2D eigenvalue weighted by atomic mass is 10.0. The second-order valence-corrected chi connectivity index (χ2v) is 4.91. The van der Waals surface area contributed by atoms with Crippen molar-refractivity contribution < 1.29 is 14.7 Å². The van der Waals surface area contributed by atoms with Crippen LogP contribution in [0.2, 0.25) is 0 Å². The zero-order valence-electron chi connectivity index (χ0n) is 11.9. The van der Waals surface area contributed by atoms with E-state index in [4.69, 9.17) is 9.94 Å². The molecule has 0 amide bonds. The highest BCUT2D eigenvalue weighted by atomic mass is 16.5. The summed E-state index contributed by atoms with van der Waals surface area (Å²) >= 11 is 0. The Balaban J connectivity index is 3.86. The Labute approximate surface area is 110 Å². The fraction of sp³-hybridized carbons (Fsp3) is 0.857. The first-order valence-corrected chi connectivity index (χ1v) is 6.99. The first-order chi connectivity index (χ1) is 8.61. The highest BCUT2D eigenvalue weighted by Gasteiger charge is 2.18. The standard InChI is InChI=1S/C14H27NO3/c1-4-5-6-7-8-9-10-13(11-15-17)14(16)18-12(2)3/h11-13,17H,4-10H2,1-3H3/b15-11-. The van der Waals surface area contributed by atoms with Gasteiger partial charge in [0, 0.05) is 0 Å². The van der Waals surface area contributed by atoms with Gasteiger partial charge in [-0.05, 0) is 20.3 Å². The van der Waals surface area contributed by atoms with Gasteiger partial charge >= 0.3 is 5.97 Å². The number of hydrogen-bond acceptors (Lipinski definition) is 4. The van der Waals surface area contributed by atoms with Crippen LogP contribution in [0.1, 0.15) is 65.7 Å². The highest BCUT2D eigenvalue weighted by molar-refractivity contribution is 5.89. The van der Waals surface area contributed by atoms with E-state index in [-0.39, 0.29) is 12.1 Å². The van der Waals surface area contributed by atoms with Crippen LogP contribution in [-0.2, 0) is 9.53 Å². The Morgan fingerprint density at radius 3 is 2.39 bits per heavy atom. The molecule has 18 heavy (non-hydrogen) atoms. The molecule has 0 aliphatic heterocycles. The van der Waals surface area contributed by atoms with Crippen LogP contribution in [-0.4, -0.2) is 23.5 Å². The van der Waals surface area contributed by atoms with Crippen molar-refractivity contribution in [2.24, 2.45) is 11.1 Å². The Morgan fingerprint density at radius 2 is 1.83 bits per heavy atom. The number of nitrogens with zero attached hydrogens (tertiary/aromatic N) is 1. The molecule has 0 spiro atoms. The maximum Gasteiger partial charge on any atom is 0.314 e. The van der Waals surface area contributed by atoms with E-state index in [1.165, 1.54) is 31.9 Å². The average molecular weight is 257 g/mol. The molecule has 1 N–H and O–H groups in total. The van der Waals surface area contributed by atoms with Crippen molar-refractivity contribution in [2.75, 3.05) is 0 Å². The molecule has 0 heterocycles. The van der Waals surface area contributed by atoms with Crippen molar-refractivity contribution in [1.82, 2.24) is 0 Å². The molecule has 1 atom stereocenters. The number of carbonyl (C=O) groups is 1. The van der Waals surface area contributed by atoms with Gasteiger partial charge < -0.3 is 9.94 Å². The molecule has 1 unspecified atom stereocenters. The predicted octanol–water partition coefficient (Wildman–Crippen LogP) is 3.76. The second-order valence-electron chi connectivity index (χ2n) is 4.91. The van der Waals surface area contributed by atoms with Gasteiger partial charge in [0.2, 0.25) is 0 Å². The van der Waals surface area contributed by atoms with Crippen molar-refractivity contribution in [3.8, 4) is 0 Å². The summed E-state index contributed by atoms with van der Waals surface area (Å²) in [5.74, 6) is -0.708. The van der Waals surface area contributed by atoms with Crippen LogP contribution >= 0.6 is 0 Å². The van der Waals surface area contributed by atoms with Gasteiger partial charge in [0.15, 0.2) is 0 Å². The Bertz CT molecular complexity index is 239. The van der Waals surface area contributed by atoms with Crippen molar-refractivity contribution in [2.45, 2.75) is 71.8 Å². The Morgan fingerprint density at radius 1 is 1.22 bits per heavy atom. The molecule has 0 aromatic carbocycles. The topological polar surface area (TPSA) is 58.9 Å². The van der Waals surface area contributed by atoms with Crippen LogP contribution in [0.15, 0.2) is 5.16 Å². The fourth-order valence-corrected chi connectivity index (χ4v) is 1.80. The maximum absolute atomic E-state index is 11.7. The summed E-state index contributed by atoms with van der Waals surface area (Å²) in [6.07, 6.45) is 8.90. The lowest BCUT2D eigenvalue weighted by Gasteiger charge is -2.13. The number of unbranched alkanes of at least 4 members (excludes halogenated alkanes) is 5. The van der Waals surface area contributed by atoms with E-state index in [2.05, 4.69) is 12.1 Å². The zero-order chi connectivity index (χ0) is 13.8. The lowest BCUT2D eigenvalue weighted by Crippen LogP contribution is -2.22. The molecule has 0 fully saturated rings. The molecule has 106 valence electrons. The molecule has 0 aliphatic rings. The quantitative estimate of drug-likeness (QED) is 0.213. The number of carbonyl (C=O) groups excluding carboxylic acids is 1. The van der Waals surface area contributed by atoms with E-state index in [9.17, 15) is 4.79 Å². The van der Waals surface area contributed by atoms with Gasteiger partial charge in [0.05, 0.1) is 18.2 Å². The fourth-order valence-electron chi connectivity index (χ4n) is 1.80. The summed E-state index contributed by atoms with van der Waals surface area (Å²) < 4.78 is 5.12. The number of rotatable bonds is 10. The smallest absolute Gasteiger partial charge is 0.314 e. The summed E-state index contributed by atoms with van der Waals surface area (Å²) in [4.78, 5) is 11.7. The normalized spacial score (nSPS) is 13.1. The summed E-state index contributed by atoms with van der Waals surface area (Å²) in [5, 5.41) is 11.5. The molecular weight excluding hydrogens is 230 g/mol. The number of hydrogen-bond donors (Lipinski definition) is 1. The van der Waals surface area contributed by atoms with Crippen LogP contribution in [0.4, 0.5) is 0 Å². The molecule has 0 rings (SSSR count). The van der Waals surface area contributed by atoms with Crippen LogP contribution < -0.4 is 0 Å². The third-order valence-corrected chi connectivity index (χ3v) is 2.77. The SMILES string of the molecule is CCCCCCCCC(/C=N\O)C(=O)OC(C)C. The minimum Gasteiger partial charge on any atom is -0.462 e. The maximum atomic E-state index is 11.7. The average Bonchev–Trinajstić information content (AvgIpc) is 2.31. The molecule has 0 saturated heterocycles. The zero-order valence-corrected chi connectivity index (χ0v) is 11.9. The van der Waals surface area contributed by atoms with Gasteiger partial charge in [0.1, 0.15) is 0 Å². The summed E-state index contributed by atoms with van der Waals surface area (Å²) in [6.45, 7) is 5.82. The van der Waals surface area contributed by atoms with Crippen molar-refractivity contribution in [3.05, 3.63) is 0 Å². The third-order valence-electron chi connectivity index (χ3n) is 2.77. The van der Waals surface area contributed by atoms with Gasteiger partial charge in [-0.2, -0.15) is 0 Å². The molecule has 0 saturated carbocycles. The van der Waals surface area contributed by atoms with Gasteiger partial charge in [0.25, 0.3) is 0 Å². The van der Waals surface area contributed by atoms with Crippen LogP contribution in [0.25, 0.3) is 0 Å². The highest BCUT2D eigenvalue weighted by Crippen LogP contribution is 2.13. The van der Waals surface area contributed by atoms with E-state index < -0.39 is 5.92 Å². The largest absolute Gasteiger partial charge is 0.462 e. The van der Waals surface area contributed by atoms with E-state index in [1.807, 2.05) is 13.8 Å². The van der Waals surface area contributed by atoms with Crippen molar-refractivity contribution >= 4 is 12.2 Å². The van der Waals surface area contributed by atoms with Crippen LogP contribution in [0.5, 0.6) is 0 Å². The molecule has 0 aromatic rings. The van der Waals surface area contributed by atoms with Crippen molar-refractivity contribution in [3.63, 3.8) is 0 Å². The van der Waals surface area contributed by atoms with Crippen LogP contribution in [0.3, 0.4) is 0 Å². The van der Waals surface area contributed by atoms with Gasteiger partial charge in [-0.25, -0.2) is 0 Å². The molecule has 0 aromatic heterocycles. The second kappa shape index (κ2) is 11.1. The number of esters is 1. The van der Waals surface area contributed by atoms with Gasteiger partial charge in [-0.1, -0.05) is 45.4 Å². The predicted molar refractivity (Wildman–Crippen MR) is 73.0 cm³/mol.